The highest BCUT2D eigenvalue weighted by molar-refractivity contribution is 5.72. The van der Waals surface area contributed by atoms with Gasteiger partial charge in [-0.3, -0.25) is 0 Å². The molecule has 0 aromatic heterocycles. The third-order valence-electron chi connectivity index (χ3n) is 6.85. The lowest BCUT2D eigenvalue weighted by molar-refractivity contribution is -0.142. The van der Waals surface area contributed by atoms with E-state index in [0.717, 1.165) is 50.3 Å². The molecular formula is C27H22F8. The van der Waals surface area contributed by atoms with Gasteiger partial charge in [-0.1, -0.05) is 25.5 Å². The summed E-state index contributed by atoms with van der Waals surface area (Å²) in [6, 6.07) is 6.20. The van der Waals surface area contributed by atoms with Gasteiger partial charge in [0.15, 0.2) is 0 Å². The van der Waals surface area contributed by atoms with E-state index < -0.39 is 57.5 Å². The summed E-state index contributed by atoms with van der Waals surface area (Å²) in [5.74, 6) is -5.95. The van der Waals surface area contributed by atoms with Gasteiger partial charge in [0.25, 0.3) is 0 Å². The molecule has 186 valence electrons. The molecule has 1 saturated carbocycles. The molecule has 1 aliphatic carbocycles. The van der Waals surface area contributed by atoms with Crippen molar-refractivity contribution in [1.82, 2.24) is 0 Å². The maximum Gasteiger partial charge on any atom is 0.422 e. The number of hydrogen-bond acceptors (Lipinski definition) is 0. The Morgan fingerprint density at radius 1 is 0.686 bits per heavy atom. The highest BCUT2D eigenvalue weighted by Crippen LogP contribution is 2.40. The molecule has 4 rings (SSSR count). The van der Waals surface area contributed by atoms with E-state index in [1.807, 2.05) is 0 Å². The molecule has 0 saturated heterocycles. The average molecular weight is 498 g/mol. The second-order valence-electron chi connectivity index (χ2n) is 8.99. The van der Waals surface area contributed by atoms with Crippen molar-refractivity contribution in [2.45, 2.75) is 51.1 Å². The van der Waals surface area contributed by atoms with Crippen LogP contribution in [0.3, 0.4) is 0 Å². The van der Waals surface area contributed by atoms with Crippen molar-refractivity contribution in [2.75, 3.05) is 0 Å². The maximum absolute atomic E-state index is 14.9. The van der Waals surface area contributed by atoms with Crippen molar-refractivity contribution in [2.24, 2.45) is 5.92 Å². The van der Waals surface area contributed by atoms with Gasteiger partial charge in [0.05, 0.1) is 5.56 Å². The van der Waals surface area contributed by atoms with E-state index in [1.165, 1.54) is 12.1 Å². The lowest BCUT2D eigenvalue weighted by Gasteiger charge is -2.28. The Morgan fingerprint density at radius 3 is 1.71 bits per heavy atom. The molecule has 0 unspecified atom stereocenters. The Bertz CT molecular complexity index is 1190. The van der Waals surface area contributed by atoms with Gasteiger partial charge in [-0.25, -0.2) is 22.0 Å². The zero-order valence-corrected chi connectivity index (χ0v) is 18.8. The van der Waals surface area contributed by atoms with Gasteiger partial charge in [-0.05, 0) is 84.5 Å². The molecule has 3 aromatic carbocycles. The molecule has 0 heterocycles. The van der Waals surface area contributed by atoms with E-state index in [4.69, 9.17) is 0 Å². The number of alkyl halides is 3. The van der Waals surface area contributed by atoms with Crippen molar-refractivity contribution in [1.29, 1.82) is 0 Å². The molecule has 0 N–H and O–H groups in total. The summed E-state index contributed by atoms with van der Waals surface area (Å²) in [5, 5.41) is 0. The largest absolute Gasteiger partial charge is 0.422 e. The molecule has 8 heteroatoms. The Hall–Kier alpha value is -2.90. The number of benzene rings is 3. The minimum Gasteiger partial charge on any atom is -0.206 e. The summed E-state index contributed by atoms with van der Waals surface area (Å²) in [7, 11) is 0. The SMILES string of the molecule is CCC1CCC(c2cc(F)c(-c3ccc(-c4cc(F)c(C(F)(F)F)c(F)c4)c(F)c3)c(F)c2)CC1. The highest BCUT2D eigenvalue weighted by Gasteiger charge is 2.38. The lowest BCUT2D eigenvalue weighted by Crippen LogP contribution is -2.13. The van der Waals surface area contributed by atoms with Crippen LogP contribution in [0.25, 0.3) is 22.3 Å². The fraction of sp³-hybridized carbons (Fsp3) is 0.333. The van der Waals surface area contributed by atoms with Crippen LogP contribution in [0.2, 0.25) is 0 Å². The van der Waals surface area contributed by atoms with Crippen molar-refractivity contribution >= 4 is 0 Å². The van der Waals surface area contributed by atoms with Crippen LogP contribution in [0, 0.1) is 35.0 Å². The molecule has 0 amide bonds. The van der Waals surface area contributed by atoms with Gasteiger partial charge < -0.3 is 0 Å². The van der Waals surface area contributed by atoms with Crippen LogP contribution < -0.4 is 0 Å². The second kappa shape index (κ2) is 9.63. The number of rotatable bonds is 4. The minimum absolute atomic E-state index is 0.0411. The second-order valence-corrected chi connectivity index (χ2v) is 8.99. The molecule has 0 atom stereocenters. The Labute approximate surface area is 197 Å². The summed E-state index contributed by atoms with van der Waals surface area (Å²) >= 11 is 0. The Kier molecular flexibility index (Phi) is 6.93. The lowest BCUT2D eigenvalue weighted by atomic mass is 9.77. The van der Waals surface area contributed by atoms with Gasteiger partial charge in [-0.2, -0.15) is 13.2 Å². The normalized spacial score (nSPS) is 18.7. The van der Waals surface area contributed by atoms with Gasteiger partial charge in [0.2, 0.25) is 0 Å². The average Bonchev–Trinajstić information content (AvgIpc) is 2.77. The molecule has 0 nitrogen and oxygen atoms in total. The van der Waals surface area contributed by atoms with Gasteiger partial charge in [-0.15, -0.1) is 0 Å². The first kappa shape index (κ1) is 25.2. The molecule has 0 spiro atoms. The van der Waals surface area contributed by atoms with E-state index in [2.05, 4.69) is 6.92 Å². The van der Waals surface area contributed by atoms with E-state index in [1.54, 1.807) is 0 Å². The molecule has 0 aliphatic heterocycles. The molecule has 35 heavy (non-hydrogen) atoms. The molecule has 1 aliphatic rings. The quantitative estimate of drug-likeness (QED) is 0.314. The monoisotopic (exact) mass is 498 g/mol. The van der Waals surface area contributed by atoms with Crippen molar-refractivity contribution in [3.63, 3.8) is 0 Å². The third kappa shape index (κ3) is 5.07. The highest BCUT2D eigenvalue weighted by atomic mass is 19.4. The zero-order valence-electron chi connectivity index (χ0n) is 18.8. The summed E-state index contributed by atoms with van der Waals surface area (Å²) in [6.07, 6.45) is -0.540. The van der Waals surface area contributed by atoms with Crippen molar-refractivity contribution in [3.8, 4) is 22.3 Å². The first-order chi connectivity index (χ1) is 16.5. The summed E-state index contributed by atoms with van der Waals surface area (Å²) in [5.41, 5.74) is -3.01. The van der Waals surface area contributed by atoms with Crippen LogP contribution in [0.4, 0.5) is 35.1 Å². The predicted molar refractivity (Wildman–Crippen MR) is 117 cm³/mol. The first-order valence-corrected chi connectivity index (χ1v) is 11.3. The maximum atomic E-state index is 14.9. The van der Waals surface area contributed by atoms with Crippen LogP contribution in [0.15, 0.2) is 42.5 Å². The molecular weight excluding hydrogens is 476 g/mol. The summed E-state index contributed by atoms with van der Waals surface area (Å²) in [6.45, 7) is 2.12. The third-order valence-corrected chi connectivity index (χ3v) is 6.85. The standard InChI is InChI=1S/C27H22F8/c1-2-14-3-5-15(6-4-14)17-10-21(29)25(22(30)11-17)16-7-8-19(20(28)9-16)18-12-23(31)26(24(32)13-18)27(33,34)35/h7-15H,2-6H2,1H3. The molecule has 0 bridgehead atoms. The molecule has 0 radical (unpaired) electrons. The van der Waals surface area contributed by atoms with Crippen LogP contribution in [0.5, 0.6) is 0 Å². The smallest absolute Gasteiger partial charge is 0.206 e. The van der Waals surface area contributed by atoms with Crippen LogP contribution in [-0.4, -0.2) is 0 Å². The van der Waals surface area contributed by atoms with Crippen molar-refractivity contribution in [3.05, 3.63) is 82.7 Å². The summed E-state index contributed by atoms with van der Waals surface area (Å²) in [4.78, 5) is 0. The fourth-order valence-electron chi connectivity index (χ4n) is 4.91. The number of halogens is 8. The Morgan fingerprint density at radius 2 is 1.23 bits per heavy atom. The molecule has 3 aromatic rings. The van der Waals surface area contributed by atoms with Gasteiger partial charge in [0.1, 0.15) is 34.6 Å². The van der Waals surface area contributed by atoms with E-state index in [0.29, 0.717) is 23.6 Å². The van der Waals surface area contributed by atoms with Crippen LogP contribution >= 0.6 is 0 Å². The fourth-order valence-corrected chi connectivity index (χ4v) is 4.91. The summed E-state index contributed by atoms with van der Waals surface area (Å²) < 4.78 is 111. The first-order valence-electron chi connectivity index (χ1n) is 11.3. The molecule has 1 fully saturated rings. The number of hydrogen-bond donors (Lipinski definition) is 0. The van der Waals surface area contributed by atoms with E-state index in [-0.39, 0.29) is 11.5 Å². The van der Waals surface area contributed by atoms with E-state index in [9.17, 15) is 35.1 Å². The van der Waals surface area contributed by atoms with Crippen LogP contribution in [0.1, 0.15) is 56.1 Å². The topological polar surface area (TPSA) is 0 Å². The van der Waals surface area contributed by atoms with Crippen molar-refractivity contribution < 1.29 is 35.1 Å². The van der Waals surface area contributed by atoms with Gasteiger partial charge in [0, 0.05) is 5.56 Å². The zero-order chi connectivity index (χ0) is 25.5. The Balaban J connectivity index is 1.65. The predicted octanol–water partition coefficient (Wildman–Crippen LogP) is 9.42. The van der Waals surface area contributed by atoms with E-state index >= 15 is 0 Å². The van der Waals surface area contributed by atoms with Crippen LogP contribution in [-0.2, 0) is 6.18 Å². The minimum atomic E-state index is -5.26. The van der Waals surface area contributed by atoms with Gasteiger partial charge >= 0.3 is 6.18 Å².